The van der Waals surface area contributed by atoms with Crippen LogP contribution in [0.25, 0.3) is 22.0 Å². The summed E-state index contributed by atoms with van der Waals surface area (Å²) in [5.41, 5.74) is 2.70. The molecule has 2 aromatic carbocycles. The summed E-state index contributed by atoms with van der Waals surface area (Å²) in [7, 11) is 0. The van der Waals surface area contributed by atoms with Crippen molar-refractivity contribution in [2.75, 3.05) is 23.7 Å². The number of nitrogens with zero attached hydrogens (tertiary/aromatic N) is 4. The Balaban J connectivity index is 1.28. The molecule has 210 valence electrons. The highest BCUT2D eigenvalue weighted by molar-refractivity contribution is 6.05. The zero-order valence-electron chi connectivity index (χ0n) is 22.4. The van der Waals surface area contributed by atoms with Crippen molar-refractivity contribution in [3.8, 4) is 22.9 Å². The van der Waals surface area contributed by atoms with Gasteiger partial charge in [-0.15, -0.1) is 0 Å². The molecular formula is C30H29FN6O4. The average molecular weight is 557 g/mol. The number of ether oxygens (including phenoxy) is 1. The number of piperidine rings is 1. The fraction of sp³-hybridized carbons (Fsp3) is 0.300. The van der Waals surface area contributed by atoms with Gasteiger partial charge in [0.05, 0.1) is 17.2 Å². The quantitative estimate of drug-likeness (QED) is 0.267. The van der Waals surface area contributed by atoms with Gasteiger partial charge in [-0.05, 0) is 56.0 Å². The highest BCUT2D eigenvalue weighted by Crippen LogP contribution is 2.40. The van der Waals surface area contributed by atoms with Crippen LogP contribution in [-0.4, -0.2) is 62.3 Å². The van der Waals surface area contributed by atoms with Gasteiger partial charge >= 0.3 is 6.09 Å². The van der Waals surface area contributed by atoms with Gasteiger partial charge in [-0.3, -0.25) is 4.79 Å². The lowest BCUT2D eigenvalue weighted by molar-refractivity contribution is -0.117. The number of anilines is 2. The number of pyridine rings is 1. The largest absolute Gasteiger partial charge is 0.465 e. The molecule has 2 aliphatic rings. The number of hydrogen-bond acceptors (Lipinski definition) is 7. The maximum Gasteiger partial charge on any atom is 0.407 e. The van der Waals surface area contributed by atoms with Gasteiger partial charge in [-0.1, -0.05) is 24.3 Å². The monoisotopic (exact) mass is 556 g/mol. The molecule has 1 saturated carbocycles. The Bertz CT molecular complexity index is 1630. The Morgan fingerprint density at radius 1 is 1.07 bits per heavy atom. The van der Waals surface area contributed by atoms with Crippen LogP contribution in [0.5, 0.6) is 11.6 Å². The van der Waals surface area contributed by atoms with Gasteiger partial charge < -0.3 is 25.4 Å². The normalized spacial score (nSPS) is 20.0. The summed E-state index contributed by atoms with van der Waals surface area (Å²) in [4.78, 5) is 38.8. The molecule has 1 aliphatic heterocycles. The van der Waals surface area contributed by atoms with E-state index in [0.29, 0.717) is 47.6 Å². The maximum atomic E-state index is 13.4. The number of nitrogens with one attached hydrogen (secondary N) is 2. The molecule has 0 spiro atoms. The number of halogens is 1. The summed E-state index contributed by atoms with van der Waals surface area (Å²) in [6, 6.07) is 14.7. The summed E-state index contributed by atoms with van der Waals surface area (Å²) in [6.45, 7) is 2.81. The van der Waals surface area contributed by atoms with Gasteiger partial charge in [0.2, 0.25) is 17.7 Å². The van der Waals surface area contributed by atoms with Crippen LogP contribution in [0.15, 0.2) is 60.9 Å². The number of fused-ring (bicyclic) bond motifs is 1. The third-order valence-corrected chi connectivity index (χ3v) is 7.44. The Labute approximate surface area is 235 Å². The number of aromatic nitrogens is 3. The van der Waals surface area contributed by atoms with Gasteiger partial charge in [0, 0.05) is 48.0 Å². The van der Waals surface area contributed by atoms with Crippen molar-refractivity contribution < 1.29 is 23.8 Å². The molecule has 1 saturated heterocycles. The lowest BCUT2D eigenvalue weighted by Crippen LogP contribution is -2.44. The molecule has 0 radical (unpaired) electrons. The van der Waals surface area contributed by atoms with E-state index in [1.165, 1.54) is 4.90 Å². The van der Waals surface area contributed by atoms with Crippen molar-refractivity contribution in [3.05, 3.63) is 66.5 Å². The zero-order chi connectivity index (χ0) is 28.5. The second-order valence-electron chi connectivity index (χ2n) is 10.4. The number of rotatable bonds is 7. The lowest BCUT2D eigenvalue weighted by atomic mass is 10.0. The molecule has 2 fully saturated rings. The zero-order valence-corrected chi connectivity index (χ0v) is 22.4. The van der Waals surface area contributed by atoms with E-state index >= 15 is 0 Å². The SMILES string of the molecule is Cc1ccc2c(NC(=O)[C@H]3C[C@@H]3F)cccc2c1Oc1ncccc1-c1ccnc(N[C@H]2CCCN(C(=O)O)C2)n1. The first-order valence-electron chi connectivity index (χ1n) is 13.6. The summed E-state index contributed by atoms with van der Waals surface area (Å²) in [5.74, 6) is 0.399. The number of aryl methyl sites for hydroxylation is 1. The topological polar surface area (TPSA) is 130 Å². The summed E-state index contributed by atoms with van der Waals surface area (Å²) in [5, 5.41) is 17.0. The number of likely N-dealkylation sites (tertiary alicyclic amines) is 1. The molecule has 11 heteroatoms. The molecule has 3 atom stereocenters. The van der Waals surface area contributed by atoms with Crippen molar-refractivity contribution in [1.29, 1.82) is 0 Å². The Kier molecular flexibility index (Phi) is 7.08. The van der Waals surface area contributed by atoms with Crippen LogP contribution >= 0.6 is 0 Å². The predicted molar refractivity (Wildman–Crippen MR) is 152 cm³/mol. The van der Waals surface area contributed by atoms with Crippen LogP contribution in [0.4, 0.5) is 20.8 Å². The van der Waals surface area contributed by atoms with Gasteiger partial charge in [-0.2, -0.15) is 0 Å². The van der Waals surface area contributed by atoms with E-state index in [1.807, 2.05) is 37.3 Å². The van der Waals surface area contributed by atoms with E-state index in [1.54, 1.807) is 30.6 Å². The Hall–Kier alpha value is -4.80. The van der Waals surface area contributed by atoms with Crippen molar-refractivity contribution in [2.45, 2.75) is 38.4 Å². The highest BCUT2D eigenvalue weighted by atomic mass is 19.1. The summed E-state index contributed by atoms with van der Waals surface area (Å²) < 4.78 is 19.9. The van der Waals surface area contributed by atoms with Crippen molar-refractivity contribution >= 4 is 34.4 Å². The molecule has 2 aromatic heterocycles. The van der Waals surface area contributed by atoms with Crippen LogP contribution in [-0.2, 0) is 4.79 Å². The first-order valence-corrected chi connectivity index (χ1v) is 13.6. The minimum absolute atomic E-state index is 0.0940. The number of carbonyl (C=O) groups is 2. The number of amides is 2. The summed E-state index contributed by atoms with van der Waals surface area (Å²) in [6.07, 6.45) is 3.10. The van der Waals surface area contributed by atoms with Crippen molar-refractivity contribution in [2.24, 2.45) is 5.92 Å². The molecule has 10 nitrogen and oxygen atoms in total. The molecular weight excluding hydrogens is 527 g/mol. The number of hydrogen-bond donors (Lipinski definition) is 3. The number of carboxylic acid groups (broad SMARTS) is 1. The number of alkyl halides is 1. The third-order valence-electron chi connectivity index (χ3n) is 7.44. The Morgan fingerprint density at radius 2 is 1.93 bits per heavy atom. The molecule has 2 amide bonds. The second kappa shape index (κ2) is 11.0. The first kappa shape index (κ1) is 26.4. The van der Waals surface area contributed by atoms with E-state index in [4.69, 9.17) is 4.74 Å². The molecule has 6 rings (SSSR count). The van der Waals surface area contributed by atoms with E-state index in [-0.39, 0.29) is 18.4 Å². The molecule has 3 heterocycles. The highest BCUT2D eigenvalue weighted by Gasteiger charge is 2.43. The van der Waals surface area contributed by atoms with Crippen LogP contribution in [0.2, 0.25) is 0 Å². The Morgan fingerprint density at radius 3 is 2.73 bits per heavy atom. The smallest absolute Gasteiger partial charge is 0.407 e. The van der Waals surface area contributed by atoms with E-state index in [0.717, 1.165) is 29.2 Å². The number of carbonyl (C=O) groups excluding carboxylic acids is 1. The fourth-order valence-corrected chi connectivity index (χ4v) is 5.14. The van der Waals surface area contributed by atoms with E-state index in [2.05, 4.69) is 25.6 Å². The van der Waals surface area contributed by atoms with Gasteiger partial charge in [0.15, 0.2) is 0 Å². The van der Waals surface area contributed by atoms with Gasteiger partial charge in [0.25, 0.3) is 0 Å². The fourth-order valence-electron chi connectivity index (χ4n) is 5.14. The molecule has 0 bridgehead atoms. The molecule has 4 aromatic rings. The van der Waals surface area contributed by atoms with Gasteiger partial charge in [0.1, 0.15) is 11.9 Å². The average Bonchev–Trinajstić information content (AvgIpc) is 3.72. The van der Waals surface area contributed by atoms with Crippen LogP contribution in [0.3, 0.4) is 0 Å². The number of benzene rings is 2. The van der Waals surface area contributed by atoms with Gasteiger partial charge in [-0.25, -0.2) is 24.1 Å². The van der Waals surface area contributed by atoms with E-state index < -0.39 is 18.2 Å². The molecule has 41 heavy (non-hydrogen) atoms. The maximum absolute atomic E-state index is 13.4. The third kappa shape index (κ3) is 5.60. The lowest BCUT2D eigenvalue weighted by Gasteiger charge is -2.31. The molecule has 3 N–H and O–H groups in total. The molecule has 0 unspecified atom stereocenters. The minimum Gasteiger partial charge on any atom is -0.465 e. The summed E-state index contributed by atoms with van der Waals surface area (Å²) >= 11 is 0. The standard InChI is InChI=1S/C30H29FN6O4/c1-17-9-10-19-20(6-2-8-24(19)35-27(38)22-15-23(22)31)26(17)41-28-21(7-3-12-32-28)25-11-13-33-29(36-25)34-18-5-4-14-37(16-18)30(39)40/h2-3,6-13,18,22-23H,4-5,14-16H2,1H3,(H,35,38)(H,39,40)(H,33,34,36)/t18-,22-,23-/m0/s1. The van der Waals surface area contributed by atoms with Crippen LogP contribution in [0, 0.1) is 12.8 Å². The predicted octanol–water partition coefficient (Wildman–Crippen LogP) is 5.64. The van der Waals surface area contributed by atoms with E-state index in [9.17, 15) is 19.1 Å². The van der Waals surface area contributed by atoms with Crippen molar-refractivity contribution in [3.63, 3.8) is 0 Å². The van der Waals surface area contributed by atoms with Crippen LogP contribution < -0.4 is 15.4 Å². The second-order valence-corrected chi connectivity index (χ2v) is 10.4. The first-order chi connectivity index (χ1) is 19.9. The minimum atomic E-state index is -1.08. The van der Waals surface area contributed by atoms with Crippen molar-refractivity contribution in [1.82, 2.24) is 19.9 Å². The molecule has 1 aliphatic carbocycles. The van der Waals surface area contributed by atoms with Crippen LogP contribution in [0.1, 0.15) is 24.8 Å².